The van der Waals surface area contributed by atoms with E-state index in [0.29, 0.717) is 11.3 Å². The van der Waals surface area contributed by atoms with Gasteiger partial charge in [0.1, 0.15) is 0 Å². The van der Waals surface area contributed by atoms with Crippen molar-refractivity contribution in [3.8, 4) is 0 Å². The molecule has 1 N–H and O–H groups in total. The van der Waals surface area contributed by atoms with E-state index in [1.165, 1.54) is 0 Å². The van der Waals surface area contributed by atoms with E-state index < -0.39 is 12.6 Å². The summed E-state index contributed by atoms with van der Waals surface area (Å²) in [5, 5.41) is 3.05. The van der Waals surface area contributed by atoms with Gasteiger partial charge < -0.3 is 5.32 Å². The quantitative estimate of drug-likeness (QED) is 0.788. The monoisotopic (exact) mass is 237 g/mol. The first-order chi connectivity index (χ1) is 7.20. The Morgan fingerprint density at radius 2 is 1.94 bits per heavy atom. The Kier molecular flexibility index (Phi) is 4.27. The molecular weight excluding hydrogens is 215 g/mol. The zero-order valence-electron chi connectivity index (χ0n) is 10.3. The third kappa shape index (κ3) is 4.73. The van der Waals surface area contributed by atoms with E-state index in [1.54, 1.807) is 0 Å². The standard InChI is InChI=1S/C12H22F3N/c1-9-8-11(2,3)5-4-10(9)16-7-6-12(13,14)15/h9-10,16H,4-8H2,1-3H3. The highest BCUT2D eigenvalue weighted by Crippen LogP contribution is 2.38. The van der Waals surface area contributed by atoms with Gasteiger partial charge in [0.15, 0.2) is 0 Å². The summed E-state index contributed by atoms with van der Waals surface area (Å²) < 4.78 is 36.0. The summed E-state index contributed by atoms with van der Waals surface area (Å²) in [5.74, 6) is 0.469. The maximum atomic E-state index is 12.0. The molecule has 0 saturated heterocycles. The number of rotatable bonds is 3. The van der Waals surface area contributed by atoms with Crippen molar-refractivity contribution < 1.29 is 13.2 Å². The van der Waals surface area contributed by atoms with Crippen molar-refractivity contribution >= 4 is 0 Å². The highest BCUT2D eigenvalue weighted by Gasteiger charge is 2.33. The molecule has 1 aliphatic rings. The van der Waals surface area contributed by atoms with Gasteiger partial charge in [0, 0.05) is 12.6 Å². The Bertz CT molecular complexity index is 223. The molecule has 0 radical (unpaired) electrons. The van der Waals surface area contributed by atoms with Gasteiger partial charge in [-0.25, -0.2) is 0 Å². The van der Waals surface area contributed by atoms with Crippen LogP contribution in [0.25, 0.3) is 0 Å². The molecule has 0 aromatic carbocycles. The number of alkyl halides is 3. The van der Waals surface area contributed by atoms with Gasteiger partial charge in [-0.15, -0.1) is 0 Å². The van der Waals surface area contributed by atoms with Crippen LogP contribution in [0, 0.1) is 11.3 Å². The highest BCUT2D eigenvalue weighted by atomic mass is 19.4. The molecule has 0 spiro atoms. The topological polar surface area (TPSA) is 12.0 Å². The summed E-state index contributed by atoms with van der Waals surface area (Å²) in [6.45, 7) is 6.65. The van der Waals surface area contributed by atoms with Crippen LogP contribution in [0.4, 0.5) is 13.2 Å². The predicted octanol–water partition coefficient (Wildman–Crippen LogP) is 3.74. The summed E-state index contributed by atoms with van der Waals surface area (Å²) >= 11 is 0. The maximum absolute atomic E-state index is 12.0. The molecule has 2 unspecified atom stereocenters. The van der Waals surface area contributed by atoms with E-state index in [2.05, 4.69) is 26.1 Å². The van der Waals surface area contributed by atoms with Crippen molar-refractivity contribution in [1.82, 2.24) is 5.32 Å². The van der Waals surface area contributed by atoms with Gasteiger partial charge in [0.2, 0.25) is 0 Å². The Morgan fingerprint density at radius 1 is 1.31 bits per heavy atom. The molecule has 0 bridgehead atoms. The zero-order valence-corrected chi connectivity index (χ0v) is 10.3. The van der Waals surface area contributed by atoms with E-state index in [-0.39, 0.29) is 12.6 Å². The smallest absolute Gasteiger partial charge is 0.313 e. The van der Waals surface area contributed by atoms with Gasteiger partial charge >= 0.3 is 6.18 Å². The number of halogens is 3. The lowest BCUT2D eigenvalue weighted by molar-refractivity contribution is -0.134. The molecule has 1 aliphatic carbocycles. The molecule has 0 heterocycles. The molecule has 2 atom stereocenters. The third-order valence-electron chi connectivity index (χ3n) is 3.51. The van der Waals surface area contributed by atoms with Gasteiger partial charge in [0.25, 0.3) is 0 Å². The lowest BCUT2D eigenvalue weighted by atomic mass is 9.70. The normalized spacial score (nSPS) is 30.4. The predicted molar refractivity (Wildman–Crippen MR) is 59.3 cm³/mol. The fourth-order valence-electron chi connectivity index (χ4n) is 2.65. The van der Waals surface area contributed by atoms with Crippen LogP contribution in [0.5, 0.6) is 0 Å². The van der Waals surface area contributed by atoms with E-state index in [4.69, 9.17) is 0 Å². The molecule has 0 aliphatic heterocycles. The summed E-state index contributed by atoms with van der Waals surface area (Å²) in [5.41, 5.74) is 0.349. The van der Waals surface area contributed by atoms with Gasteiger partial charge in [-0.3, -0.25) is 0 Å². The van der Waals surface area contributed by atoms with Crippen LogP contribution in [-0.4, -0.2) is 18.8 Å². The minimum atomic E-state index is -4.04. The fraction of sp³-hybridized carbons (Fsp3) is 1.00. The van der Waals surface area contributed by atoms with E-state index >= 15 is 0 Å². The van der Waals surface area contributed by atoms with Gasteiger partial charge in [-0.2, -0.15) is 13.2 Å². The van der Waals surface area contributed by atoms with Crippen molar-refractivity contribution in [3.63, 3.8) is 0 Å². The second-order valence-electron chi connectivity index (χ2n) is 5.81. The van der Waals surface area contributed by atoms with Crippen LogP contribution in [-0.2, 0) is 0 Å². The average Bonchev–Trinajstić information content (AvgIpc) is 2.06. The Hall–Kier alpha value is -0.250. The largest absolute Gasteiger partial charge is 0.390 e. The molecule has 16 heavy (non-hydrogen) atoms. The van der Waals surface area contributed by atoms with Crippen molar-refractivity contribution in [1.29, 1.82) is 0 Å². The molecule has 1 saturated carbocycles. The molecular formula is C12H22F3N. The number of hydrogen-bond donors (Lipinski definition) is 1. The third-order valence-corrected chi connectivity index (χ3v) is 3.51. The van der Waals surface area contributed by atoms with Crippen molar-refractivity contribution in [2.75, 3.05) is 6.54 Å². The lowest BCUT2D eigenvalue weighted by Gasteiger charge is -2.39. The Balaban J connectivity index is 2.29. The van der Waals surface area contributed by atoms with Crippen molar-refractivity contribution in [2.45, 2.75) is 58.7 Å². The molecule has 0 aromatic rings. The first-order valence-electron chi connectivity index (χ1n) is 6.00. The zero-order chi connectivity index (χ0) is 12.4. The molecule has 96 valence electrons. The van der Waals surface area contributed by atoms with E-state index in [9.17, 15) is 13.2 Å². The summed E-state index contributed by atoms with van der Waals surface area (Å²) in [7, 11) is 0. The summed E-state index contributed by atoms with van der Waals surface area (Å²) in [6, 6.07) is 0.260. The van der Waals surface area contributed by atoms with Crippen LogP contribution in [0.2, 0.25) is 0 Å². The molecule has 0 aromatic heterocycles. The van der Waals surface area contributed by atoms with Gasteiger partial charge in [0.05, 0.1) is 6.42 Å². The minimum Gasteiger partial charge on any atom is -0.313 e. The van der Waals surface area contributed by atoms with E-state index in [0.717, 1.165) is 19.3 Å². The van der Waals surface area contributed by atoms with Crippen molar-refractivity contribution in [3.05, 3.63) is 0 Å². The van der Waals surface area contributed by atoms with E-state index in [1.807, 2.05) is 0 Å². The highest BCUT2D eigenvalue weighted by molar-refractivity contribution is 4.86. The summed E-state index contributed by atoms with van der Waals surface area (Å²) in [4.78, 5) is 0. The van der Waals surface area contributed by atoms with Crippen LogP contribution in [0.3, 0.4) is 0 Å². The molecule has 0 amide bonds. The van der Waals surface area contributed by atoms with Gasteiger partial charge in [-0.1, -0.05) is 20.8 Å². The van der Waals surface area contributed by atoms with Crippen LogP contribution < -0.4 is 5.32 Å². The SMILES string of the molecule is CC1CC(C)(C)CCC1NCCC(F)(F)F. The molecule has 4 heteroatoms. The second kappa shape index (κ2) is 4.94. The Morgan fingerprint density at radius 3 is 2.44 bits per heavy atom. The molecule has 1 fully saturated rings. The summed E-state index contributed by atoms with van der Waals surface area (Å²) in [6.07, 6.45) is -1.58. The van der Waals surface area contributed by atoms with Crippen molar-refractivity contribution in [2.24, 2.45) is 11.3 Å². The fourth-order valence-corrected chi connectivity index (χ4v) is 2.65. The molecule has 1 nitrogen and oxygen atoms in total. The maximum Gasteiger partial charge on any atom is 0.390 e. The average molecular weight is 237 g/mol. The second-order valence-corrected chi connectivity index (χ2v) is 5.81. The Labute approximate surface area is 95.8 Å². The first kappa shape index (κ1) is 13.8. The first-order valence-corrected chi connectivity index (χ1v) is 6.00. The van der Waals surface area contributed by atoms with Crippen LogP contribution in [0.15, 0.2) is 0 Å². The molecule has 1 rings (SSSR count). The van der Waals surface area contributed by atoms with Gasteiger partial charge in [-0.05, 0) is 30.6 Å². The van der Waals surface area contributed by atoms with Crippen LogP contribution >= 0.6 is 0 Å². The minimum absolute atomic E-state index is 0.0545. The number of nitrogens with one attached hydrogen (secondary N) is 1. The lowest BCUT2D eigenvalue weighted by Crippen LogP contribution is -2.42. The number of hydrogen-bond acceptors (Lipinski definition) is 1. The van der Waals surface area contributed by atoms with Crippen LogP contribution in [0.1, 0.15) is 46.5 Å².